The molecule has 0 atom stereocenters. The normalized spacial score (nSPS) is 18.1. The van der Waals surface area contributed by atoms with Gasteiger partial charge in [0, 0.05) is 29.3 Å². The third-order valence-corrected chi connectivity index (χ3v) is 2.84. The number of nitrogens with one attached hydrogen (secondary N) is 1. The molecule has 76 valence electrons. The van der Waals surface area contributed by atoms with E-state index in [-0.39, 0.29) is 5.91 Å². The molecule has 0 saturated carbocycles. The summed E-state index contributed by atoms with van der Waals surface area (Å²) in [6.07, 6.45) is 5.06. The minimum Gasteiger partial charge on any atom is -0.303 e. The molecule has 1 amide bonds. The van der Waals surface area contributed by atoms with Crippen LogP contribution >= 0.6 is 0 Å². The molecule has 5 heteroatoms. The van der Waals surface area contributed by atoms with Crippen LogP contribution in [0, 0.1) is 0 Å². The number of hydrogen-bond donors (Lipinski definition) is 1. The van der Waals surface area contributed by atoms with Gasteiger partial charge in [-0.25, -0.2) is 0 Å². The van der Waals surface area contributed by atoms with Gasteiger partial charge in [0.2, 0.25) is 0 Å². The molecule has 5 nitrogen and oxygen atoms in total. The second-order valence-corrected chi connectivity index (χ2v) is 3.74. The summed E-state index contributed by atoms with van der Waals surface area (Å²) in [7, 11) is 1.72. The Hall–Kier alpha value is -1.91. The summed E-state index contributed by atoms with van der Waals surface area (Å²) >= 11 is 0. The lowest BCUT2D eigenvalue weighted by molar-refractivity contribution is -0.125. The average molecular weight is 202 g/mol. The van der Waals surface area contributed by atoms with Gasteiger partial charge in [-0.15, -0.1) is 0 Å². The highest BCUT2D eigenvalue weighted by atomic mass is 16.2. The largest absolute Gasteiger partial charge is 0.303 e. The van der Waals surface area contributed by atoms with E-state index in [1.807, 2.05) is 0 Å². The van der Waals surface area contributed by atoms with Crippen molar-refractivity contribution in [2.45, 2.75) is 12.8 Å². The van der Waals surface area contributed by atoms with Crippen LogP contribution in [0.1, 0.15) is 12.1 Å². The highest BCUT2D eigenvalue weighted by molar-refractivity contribution is 6.14. The van der Waals surface area contributed by atoms with Crippen LogP contribution in [0.5, 0.6) is 0 Å². The number of carbonyl (C=O) groups is 1. The average Bonchev–Trinajstić information content (AvgIpc) is 2.63. The van der Waals surface area contributed by atoms with Gasteiger partial charge in [0.05, 0.1) is 11.9 Å². The predicted molar refractivity (Wildman–Crippen MR) is 53.4 cm³/mol. The second-order valence-electron chi connectivity index (χ2n) is 3.74. The number of amides is 1. The van der Waals surface area contributed by atoms with E-state index >= 15 is 0 Å². The monoisotopic (exact) mass is 202 g/mol. The highest BCUT2D eigenvalue weighted by Gasteiger charge is 2.24. The minimum atomic E-state index is 0.0248. The summed E-state index contributed by atoms with van der Waals surface area (Å²) in [6, 6.07) is 0. The van der Waals surface area contributed by atoms with Crippen molar-refractivity contribution < 1.29 is 4.79 Å². The Balaban J connectivity index is 2.45. The summed E-state index contributed by atoms with van der Waals surface area (Å²) in [4.78, 5) is 11.9. The van der Waals surface area contributed by atoms with Gasteiger partial charge >= 0.3 is 0 Å². The Morgan fingerprint density at radius 3 is 3.20 bits per heavy atom. The molecular weight excluding hydrogens is 192 g/mol. The van der Waals surface area contributed by atoms with Crippen molar-refractivity contribution in [2.75, 3.05) is 7.05 Å². The van der Waals surface area contributed by atoms with E-state index in [0.717, 1.165) is 34.5 Å². The zero-order chi connectivity index (χ0) is 10.4. The molecule has 15 heavy (non-hydrogen) atoms. The molecule has 1 aliphatic carbocycles. The van der Waals surface area contributed by atoms with Crippen LogP contribution in [0.4, 0.5) is 0 Å². The van der Waals surface area contributed by atoms with E-state index in [4.69, 9.17) is 0 Å². The summed E-state index contributed by atoms with van der Waals surface area (Å²) in [6.45, 7) is 0. The van der Waals surface area contributed by atoms with Gasteiger partial charge in [0.15, 0.2) is 0 Å². The Bertz CT molecular complexity index is 563. The molecular formula is C10H10N4O. The maximum Gasteiger partial charge on any atom is 0.268 e. The number of hydrogen-bond acceptors (Lipinski definition) is 4. The molecule has 0 unspecified atom stereocenters. The lowest BCUT2D eigenvalue weighted by Gasteiger charge is -2.15. The van der Waals surface area contributed by atoms with E-state index < -0.39 is 0 Å². The third-order valence-electron chi connectivity index (χ3n) is 2.84. The van der Waals surface area contributed by atoms with Gasteiger partial charge in [0.1, 0.15) is 0 Å². The first-order chi connectivity index (χ1) is 7.27. The number of carbonyl (C=O) groups excluding carboxylic acids is 1. The molecule has 1 aromatic rings. The molecule has 0 aromatic carbocycles. The fourth-order valence-electron chi connectivity index (χ4n) is 2.08. The standard InChI is InChI=1S/C10H10N4O/c1-14-10(15)7-2-3-8-9(7)6(5-12-14)4-11-13-8/h4-5,12H,2-3H2,1H3. The first kappa shape index (κ1) is 8.40. The van der Waals surface area contributed by atoms with E-state index in [0.29, 0.717) is 0 Å². The first-order valence-electron chi connectivity index (χ1n) is 4.85. The van der Waals surface area contributed by atoms with Gasteiger partial charge in [-0.05, 0) is 12.8 Å². The van der Waals surface area contributed by atoms with Crippen LogP contribution < -0.4 is 15.9 Å². The molecule has 1 N–H and O–H groups in total. The van der Waals surface area contributed by atoms with Crippen molar-refractivity contribution in [3.63, 3.8) is 0 Å². The molecule has 2 heterocycles. The number of nitrogens with zero attached hydrogens (tertiary/aromatic N) is 3. The van der Waals surface area contributed by atoms with Crippen LogP contribution in [-0.4, -0.2) is 28.2 Å². The zero-order valence-corrected chi connectivity index (χ0v) is 8.32. The first-order valence-corrected chi connectivity index (χ1v) is 4.85. The lowest BCUT2D eigenvalue weighted by atomic mass is 10.2. The van der Waals surface area contributed by atoms with Gasteiger partial charge in [-0.3, -0.25) is 9.80 Å². The lowest BCUT2D eigenvalue weighted by Crippen LogP contribution is -2.35. The van der Waals surface area contributed by atoms with Gasteiger partial charge < -0.3 is 5.43 Å². The Kier molecular flexibility index (Phi) is 1.56. The quantitative estimate of drug-likeness (QED) is 0.544. The van der Waals surface area contributed by atoms with Crippen molar-refractivity contribution >= 4 is 17.7 Å². The summed E-state index contributed by atoms with van der Waals surface area (Å²) in [5.41, 5.74) is 4.69. The minimum absolute atomic E-state index is 0.0248. The van der Waals surface area contributed by atoms with Crippen molar-refractivity contribution in [3.05, 3.63) is 22.3 Å². The fourth-order valence-corrected chi connectivity index (χ4v) is 2.08. The van der Waals surface area contributed by atoms with Crippen LogP contribution in [0.15, 0.2) is 6.20 Å². The maximum absolute atomic E-state index is 11.9. The Morgan fingerprint density at radius 1 is 1.47 bits per heavy atom. The summed E-state index contributed by atoms with van der Waals surface area (Å²) < 4.78 is 0. The van der Waals surface area contributed by atoms with Crippen LogP contribution in [0.25, 0.3) is 11.8 Å². The fraction of sp³-hybridized carbons (Fsp3) is 0.300. The van der Waals surface area contributed by atoms with Gasteiger partial charge in [0.25, 0.3) is 5.91 Å². The molecule has 1 aliphatic heterocycles. The Labute approximate surface area is 86.1 Å². The van der Waals surface area contributed by atoms with E-state index in [9.17, 15) is 4.79 Å². The van der Waals surface area contributed by atoms with E-state index in [2.05, 4.69) is 15.6 Å². The van der Waals surface area contributed by atoms with Crippen LogP contribution in [0.2, 0.25) is 0 Å². The number of aryl methyl sites for hydroxylation is 1. The van der Waals surface area contributed by atoms with Crippen molar-refractivity contribution in [1.82, 2.24) is 20.6 Å². The SMILES string of the molecule is CN1NC=c2cnnc3c2=C(CC3)C1=O. The summed E-state index contributed by atoms with van der Waals surface area (Å²) in [5.74, 6) is 0.0248. The molecule has 0 radical (unpaired) electrons. The smallest absolute Gasteiger partial charge is 0.268 e. The molecule has 1 aromatic heterocycles. The van der Waals surface area contributed by atoms with Gasteiger partial charge in [-0.2, -0.15) is 10.2 Å². The van der Waals surface area contributed by atoms with Crippen molar-refractivity contribution in [2.24, 2.45) is 0 Å². The molecule has 3 rings (SSSR count). The van der Waals surface area contributed by atoms with E-state index in [1.54, 1.807) is 19.4 Å². The van der Waals surface area contributed by atoms with Gasteiger partial charge in [-0.1, -0.05) is 0 Å². The summed E-state index contributed by atoms with van der Waals surface area (Å²) in [5, 5.41) is 11.4. The zero-order valence-electron chi connectivity index (χ0n) is 8.32. The molecule has 2 aliphatic rings. The van der Waals surface area contributed by atoms with Crippen molar-refractivity contribution in [3.8, 4) is 0 Å². The Morgan fingerprint density at radius 2 is 2.33 bits per heavy atom. The number of aromatic nitrogens is 2. The number of rotatable bonds is 0. The number of hydrazine groups is 1. The molecule has 0 bridgehead atoms. The molecule has 0 saturated heterocycles. The van der Waals surface area contributed by atoms with Crippen molar-refractivity contribution in [1.29, 1.82) is 0 Å². The van der Waals surface area contributed by atoms with Crippen LogP contribution in [-0.2, 0) is 11.2 Å². The second kappa shape index (κ2) is 2.79. The molecule has 0 spiro atoms. The predicted octanol–water partition coefficient (Wildman–Crippen LogP) is -1.71. The van der Waals surface area contributed by atoms with Crippen LogP contribution in [0.3, 0.4) is 0 Å². The van der Waals surface area contributed by atoms with E-state index in [1.165, 1.54) is 5.01 Å². The molecule has 0 fully saturated rings. The topological polar surface area (TPSA) is 58.1 Å². The maximum atomic E-state index is 11.9. The highest BCUT2D eigenvalue weighted by Crippen LogP contribution is 2.13. The third kappa shape index (κ3) is 1.06.